The lowest BCUT2D eigenvalue weighted by Crippen LogP contribution is -2.43. The van der Waals surface area contributed by atoms with Gasteiger partial charge in [-0.1, -0.05) is 6.92 Å². The molecule has 3 aromatic rings. The maximum Gasteiger partial charge on any atom is 0.223 e. The second kappa shape index (κ2) is 8.15. The zero-order valence-electron chi connectivity index (χ0n) is 19.7. The number of aromatic nitrogens is 4. The van der Waals surface area contributed by atoms with Gasteiger partial charge in [0.05, 0.1) is 24.4 Å². The predicted octanol–water partition coefficient (Wildman–Crippen LogP) is 2.40. The Morgan fingerprint density at radius 1 is 1.26 bits per heavy atom. The van der Waals surface area contributed by atoms with Crippen LogP contribution in [0.15, 0.2) is 22.1 Å². The van der Waals surface area contributed by atoms with Gasteiger partial charge in [-0.15, -0.1) is 5.10 Å². The van der Waals surface area contributed by atoms with Crippen LogP contribution in [0, 0.1) is 11.7 Å². The standard InChI is InChI=1S/C23H29FN8O2/c1-12-5-13(11-31(10-12)19-9-26-18(28-19)8-23(2,3)33)20-29-21-14-6-15(24)17(34-4)7-16(14)27-22(25)32(21)30-20/h6-7,9,12-13,18,33H,5,8,10-11H2,1-4H3,(H2,25,27)/t12-,13+,18?/m0/s1. The van der Waals surface area contributed by atoms with E-state index in [0.29, 0.717) is 41.3 Å². The summed E-state index contributed by atoms with van der Waals surface area (Å²) in [7, 11) is 1.41. The minimum atomic E-state index is -0.834. The highest BCUT2D eigenvalue weighted by Gasteiger charge is 2.32. The molecule has 0 spiro atoms. The number of aliphatic hydroxyl groups is 1. The van der Waals surface area contributed by atoms with Crippen molar-refractivity contribution in [2.24, 2.45) is 15.9 Å². The van der Waals surface area contributed by atoms with E-state index in [-0.39, 0.29) is 23.8 Å². The normalized spacial score (nSPS) is 23.2. The molecule has 2 aromatic heterocycles. The number of aliphatic imine (C=N–C) groups is 2. The van der Waals surface area contributed by atoms with E-state index in [9.17, 15) is 9.50 Å². The van der Waals surface area contributed by atoms with E-state index >= 15 is 0 Å². The Morgan fingerprint density at radius 2 is 2.06 bits per heavy atom. The monoisotopic (exact) mass is 468 g/mol. The van der Waals surface area contributed by atoms with Gasteiger partial charge in [-0.05, 0) is 32.3 Å². The maximum atomic E-state index is 14.4. The predicted molar refractivity (Wildman–Crippen MR) is 128 cm³/mol. The number of likely N-dealkylation sites (tertiary alicyclic amines) is 1. The minimum Gasteiger partial charge on any atom is -0.494 e. The molecular weight excluding hydrogens is 439 g/mol. The minimum absolute atomic E-state index is 0.0330. The van der Waals surface area contributed by atoms with Crippen LogP contribution in [0.1, 0.15) is 45.4 Å². The first-order valence-electron chi connectivity index (χ1n) is 11.4. The highest BCUT2D eigenvalue weighted by molar-refractivity contribution is 6.30. The number of nitrogens with two attached hydrogens (primary N) is 1. The molecule has 0 amide bonds. The number of amidine groups is 1. The molecule has 3 N–H and O–H groups in total. The molecule has 0 radical (unpaired) electrons. The van der Waals surface area contributed by atoms with Crippen LogP contribution >= 0.6 is 0 Å². The number of benzene rings is 1. The van der Waals surface area contributed by atoms with Crippen molar-refractivity contribution in [2.75, 3.05) is 25.9 Å². The van der Waals surface area contributed by atoms with Crippen LogP contribution in [0.3, 0.4) is 0 Å². The quantitative estimate of drug-likeness (QED) is 0.602. The average Bonchev–Trinajstić information content (AvgIpc) is 3.40. The summed E-state index contributed by atoms with van der Waals surface area (Å²) in [6.07, 6.45) is 2.88. The van der Waals surface area contributed by atoms with Crippen molar-refractivity contribution in [3.63, 3.8) is 0 Å². The Bertz CT molecular complexity index is 1310. The van der Waals surface area contributed by atoms with Gasteiger partial charge in [0, 0.05) is 36.9 Å². The first-order valence-corrected chi connectivity index (χ1v) is 11.4. The van der Waals surface area contributed by atoms with Crippen LogP contribution in [0.2, 0.25) is 0 Å². The SMILES string of the molecule is COc1cc2nc(N)n3nc([C@@H]4C[C@H](C)CN(C5=NC(CC(C)(C)O)N=C5)C4)nc3c2cc1F. The van der Waals surface area contributed by atoms with E-state index in [1.165, 1.54) is 23.8 Å². The molecule has 1 fully saturated rings. The Labute approximate surface area is 196 Å². The zero-order chi connectivity index (χ0) is 24.2. The number of rotatable bonds is 4. The summed E-state index contributed by atoms with van der Waals surface area (Å²) in [6, 6.07) is 2.87. The fourth-order valence-electron chi connectivity index (χ4n) is 4.78. The van der Waals surface area contributed by atoms with Crippen molar-refractivity contribution >= 4 is 34.5 Å². The van der Waals surface area contributed by atoms with Crippen molar-refractivity contribution < 1.29 is 14.2 Å². The molecule has 11 heteroatoms. The maximum absolute atomic E-state index is 14.4. The van der Waals surface area contributed by atoms with Gasteiger partial charge in [-0.2, -0.15) is 4.52 Å². The molecule has 2 aliphatic heterocycles. The number of hydrogen-bond donors (Lipinski definition) is 2. The molecule has 0 aliphatic carbocycles. The topological polar surface area (TPSA) is 127 Å². The van der Waals surface area contributed by atoms with Crippen LogP contribution in [0.4, 0.5) is 10.3 Å². The molecule has 0 bridgehead atoms. The van der Waals surface area contributed by atoms with Crippen LogP contribution in [-0.4, -0.2) is 73.6 Å². The molecule has 10 nitrogen and oxygen atoms in total. The van der Waals surface area contributed by atoms with E-state index in [1.807, 2.05) is 0 Å². The summed E-state index contributed by atoms with van der Waals surface area (Å²) in [6.45, 7) is 7.23. The number of anilines is 1. The third kappa shape index (κ3) is 4.15. The molecule has 3 atom stereocenters. The average molecular weight is 469 g/mol. The number of fused-ring (bicyclic) bond motifs is 3. The number of methoxy groups -OCH3 is 1. The van der Waals surface area contributed by atoms with Gasteiger partial charge in [0.2, 0.25) is 5.95 Å². The lowest BCUT2D eigenvalue weighted by Gasteiger charge is -2.36. The van der Waals surface area contributed by atoms with Gasteiger partial charge in [0.25, 0.3) is 0 Å². The number of piperidine rings is 1. The molecule has 1 aromatic carbocycles. The van der Waals surface area contributed by atoms with Crippen LogP contribution in [0.25, 0.3) is 16.6 Å². The second-order valence-electron chi connectivity index (χ2n) is 9.88. The fourth-order valence-corrected chi connectivity index (χ4v) is 4.78. The second-order valence-corrected chi connectivity index (χ2v) is 9.88. The molecule has 34 heavy (non-hydrogen) atoms. The van der Waals surface area contributed by atoms with Gasteiger partial charge >= 0.3 is 0 Å². The first kappa shape index (κ1) is 22.5. The summed E-state index contributed by atoms with van der Waals surface area (Å²) in [5.41, 5.74) is 6.29. The fraction of sp³-hybridized carbons (Fsp3) is 0.522. The molecule has 5 rings (SSSR count). The number of ether oxygens (including phenoxy) is 1. The van der Waals surface area contributed by atoms with Gasteiger partial charge in [0.15, 0.2) is 23.0 Å². The molecule has 1 unspecified atom stereocenters. The van der Waals surface area contributed by atoms with Gasteiger partial charge in [-0.3, -0.25) is 4.99 Å². The van der Waals surface area contributed by atoms with E-state index < -0.39 is 11.4 Å². The molecule has 1 saturated heterocycles. The Kier molecular flexibility index (Phi) is 5.38. The van der Waals surface area contributed by atoms with Gasteiger partial charge in [-0.25, -0.2) is 19.4 Å². The Balaban J connectivity index is 1.47. The highest BCUT2D eigenvalue weighted by Crippen LogP contribution is 2.32. The van der Waals surface area contributed by atoms with E-state index in [2.05, 4.69) is 26.9 Å². The molecular formula is C23H29FN8O2. The lowest BCUT2D eigenvalue weighted by molar-refractivity contribution is 0.0650. The molecule has 180 valence electrons. The van der Waals surface area contributed by atoms with E-state index in [4.69, 9.17) is 20.4 Å². The largest absolute Gasteiger partial charge is 0.494 e. The van der Waals surface area contributed by atoms with Gasteiger partial charge < -0.3 is 20.5 Å². The van der Waals surface area contributed by atoms with E-state index in [1.54, 1.807) is 20.1 Å². The van der Waals surface area contributed by atoms with Crippen LogP contribution in [0.5, 0.6) is 5.75 Å². The summed E-state index contributed by atoms with van der Waals surface area (Å²) in [4.78, 5) is 20.5. The highest BCUT2D eigenvalue weighted by atomic mass is 19.1. The smallest absolute Gasteiger partial charge is 0.223 e. The van der Waals surface area contributed by atoms with Crippen LogP contribution < -0.4 is 10.5 Å². The number of hydrogen-bond acceptors (Lipinski definition) is 9. The first-order chi connectivity index (χ1) is 16.1. The Morgan fingerprint density at radius 3 is 2.79 bits per heavy atom. The molecule has 0 saturated carbocycles. The summed E-state index contributed by atoms with van der Waals surface area (Å²) in [5, 5.41) is 15.3. The lowest BCUT2D eigenvalue weighted by atomic mass is 9.90. The van der Waals surface area contributed by atoms with Crippen molar-refractivity contribution in [3.8, 4) is 5.75 Å². The summed E-state index contributed by atoms with van der Waals surface area (Å²) in [5.74, 6) is 1.64. The van der Waals surface area contributed by atoms with Crippen molar-refractivity contribution in [1.82, 2.24) is 24.5 Å². The summed E-state index contributed by atoms with van der Waals surface area (Å²) < 4.78 is 21.0. The third-order valence-electron chi connectivity index (χ3n) is 6.26. The van der Waals surface area contributed by atoms with E-state index in [0.717, 1.165) is 18.8 Å². The number of nitrogens with zero attached hydrogens (tertiary/aromatic N) is 7. The summed E-state index contributed by atoms with van der Waals surface area (Å²) >= 11 is 0. The van der Waals surface area contributed by atoms with Crippen molar-refractivity contribution in [2.45, 2.75) is 51.3 Å². The molecule has 4 heterocycles. The third-order valence-corrected chi connectivity index (χ3v) is 6.26. The van der Waals surface area contributed by atoms with Crippen molar-refractivity contribution in [1.29, 1.82) is 0 Å². The number of nitrogen functional groups attached to an aromatic ring is 1. The van der Waals surface area contributed by atoms with Gasteiger partial charge in [0.1, 0.15) is 12.0 Å². The zero-order valence-corrected chi connectivity index (χ0v) is 19.7. The Hall–Kier alpha value is -3.34. The number of halogens is 1. The molecule has 2 aliphatic rings. The van der Waals surface area contributed by atoms with Crippen LogP contribution in [-0.2, 0) is 0 Å². The van der Waals surface area contributed by atoms with Crippen molar-refractivity contribution in [3.05, 3.63) is 23.8 Å².